The average molecular weight is 313 g/mol. The second kappa shape index (κ2) is 6.81. The number of rotatable bonds is 6. The predicted octanol–water partition coefficient (Wildman–Crippen LogP) is 2.38. The summed E-state index contributed by atoms with van der Waals surface area (Å²) >= 11 is 0. The van der Waals surface area contributed by atoms with Gasteiger partial charge in [0.15, 0.2) is 0 Å². The van der Waals surface area contributed by atoms with Gasteiger partial charge in [-0.2, -0.15) is 0 Å². The molecule has 0 saturated carbocycles. The number of fused-ring (bicyclic) bond motifs is 1. The normalized spacial score (nSPS) is 13.6. The molecule has 2 N–H and O–H groups in total. The van der Waals surface area contributed by atoms with Gasteiger partial charge in [-0.1, -0.05) is 13.8 Å². The lowest BCUT2D eigenvalue weighted by Gasteiger charge is -2.21. The van der Waals surface area contributed by atoms with Crippen LogP contribution in [-0.2, 0) is 6.42 Å². The second-order valence-corrected chi connectivity index (χ2v) is 5.81. The molecule has 1 aliphatic rings. The molecule has 0 spiro atoms. The van der Waals surface area contributed by atoms with Crippen molar-refractivity contribution in [2.24, 2.45) is 0 Å². The predicted molar refractivity (Wildman–Crippen MR) is 90.7 cm³/mol. The van der Waals surface area contributed by atoms with Crippen LogP contribution in [0, 0.1) is 0 Å². The number of aromatic amines is 1. The molecule has 0 radical (unpaired) electrons. The third-order valence-electron chi connectivity index (χ3n) is 3.99. The van der Waals surface area contributed by atoms with Gasteiger partial charge in [0.25, 0.3) is 5.91 Å². The van der Waals surface area contributed by atoms with Crippen LogP contribution in [0.15, 0.2) is 18.3 Å². The Morgan fingerprint density at radius 3 is 2.74 bits per heavy atom. The summed E-state index contributed by atoms with van der Waals surface area (Å²) in [6.07, 6.45) is 4.74. The Kier molecular flexibility index (Phi) is 4.60. The zero-order chi connectivity index (χ0) is 16.2. The number of hydrogen-bond acceptors (Lipinski definition) is 4. The van der Waals surface area contributed by atoms with Gasteiger partial charge < -0.3 is 15.2 Å². The van der Waals surface area contributed by atoms with Crippen molar-refractivity contribution in [3.63, 3.8) is 0 Å². The van der Waals surface area contributed by atoms with E-state index >= 15 is 0 Å². The van der Waals surface area contributed by atoms with E-state index < -0.39 is 0 Å². The molecule has 6 heteroatoms. The Bertz CT molecular complexity index is 688. The molecule has 2 aromatic rings. The van der Waals surface area contributed by atoms with Crippen LogP contribution in [0.4, 0.5) is 5.95 Å². The SMILES string of the molecule is CCCN(CCC)c1nccc(-c2cc3c([nH]2)CCNC3=O)n1. The molecule has 0 atom stereocenters. The number of carbonyl (C=O) groups excluding carboxylic acids is 1. The Labute approximate surface area is 136 Å². The summed E-state index contributed by atoms with van der Waals surface area (Å²) in [6.45, 7) is 6.89. The van der Waals surface area contributed by atoms with E-state index in [1.807, 2.05) is 12.1 Å². The Hall–Kier alpha value is -2.37. The minimum Gasteiger partial charge on any atom is -0.356 e. The van der Waals surface area contributed by atoms with Crippen molar-refractivity contribution < 1.29 is 4.79 Å². The third-order valence-corrected chi connectivity index (χ3v) is 3.99. The zero-order valence-electron chi connectivity index (χ0n) is 13.7. The molecule has 1 amide bonds. The van der Waals surface area contributed by atoms with Crippen molar-refractivity contribution in [3.05, 3.63) is 29.6 Å². The number of anilines is 1. The first-order chi connectivity index (χ1) is 11.2. The molecule has 0 unspecified atom stereocenters. The van der Waals surface area contributed by atoms with Crippen LogP contribution in [-0.4, -0.2) is 40.5 Å². The maximum atomic E-state index is 11.9. The number of aromatic nitrogens is 3. The van der Waals surface area contributed by atoms with Crippen LogP contribution >= 0.6 is 0 Å². The van der Waals surface area contributed by atoms with E-state index in [-0.39, 0.29) is 5.91 Å². The summed E-state index contributed by atoms with van der Waals surface area (Å²) in [5.74, 6) is 0.741. The van der Waals surface area contributed by atoms with E-state index in [4.69, 9.17) is 4.98 Å². The van der Waals surface area contributed by atoms with Gasteiger partial charge in [0.1, 0.15) is 0 Å². The standard InChI is InChI=1S/C17H23N5O/c1-3-9-22(10-4-2)17-19-8-6-14(21-17)15-11-12-13(20-15)5-7-18-16(12)23/h6,8,11,20H,3-5,7,9-10H2,1-2H3,(H,18,23). The van der Waals surface area contributed by atoms with E-state index in [1.54, 1.807) is 6.20 Å². The van der Waals surface area contributed by atoms with Crippen molar-refractivity contribution in [1.29, 1.82) is 0 Å². The highest BCUT2D eigenvalue weighted by Crippen LogP contribution is 2.23. The molecule has 1 aliphatic heterocycles. The van der Waals surface area contributed by atoms with E-state index in [0.29, 0.717) is 6.54 Å². The molecule has 122 valence electrons. The molecular weight excluding hydrogens is 290 g/mol. The van der Waals surface area contributed by atoms with Crippen molar-refractivity contribution >= 4 is 11.9 Å². The minimum absolute atomic E-state index is 0.0124. The van der Waals surface area contributed by atoms with Crippen molar-refractivity contribution in [2.75, 3.05) is 24.5 Å². The number of nitrogens with one attached hydrogen (secondary N) is 2. The van der Waals surface area contributed by atoms with Crippen LogP contribution in [0.5, 0.6) is 0 Å². The third kappa shape index (κ3) is 3.21. The topological polar surface area (TPSA) is 73.9 Å². The molecule has 0 aromatic carbocycles. The highest BCUT2D eigenvalue weighted by Gasteiger charge is 2.20. The molecular formula is C17H23N5O. The zero-order valence-corrected chi connectivity index (χ0v) is 13.7. The molecule has 3 heterocycles. The van der Waals surface area contributed by atoms with Crippen molar-refractivity contribution in [3.8, 4) is 11.4 Å². The summed E-state index contributed by atoms with van der Waals surface area (Å²) in [7, 11) is 0. The van der Waals surface area contributed by atoms with Crippen molar-refractivity contribution in [2.45, 2.75) is 33.1 Å². The van der Waals surface area contributed by atoms with E-state index in [0.717, 1.165) is 60.9 Å². The highest BCUT2D eigenvalue weighted by atomic mass is 16.1. The highest BCUT2D eigenvalue weighted by molar-refractivity contribution is 5.97. The van der Waals surface area contributed by atoms with Gasteiger partial charge in [0, 0.05) is 37.9 Å². The Balaban J connectivity index is 1.92. The van der Waals surface area contributed by atoms with E-state index in [9.17, 15) is 4.79 Å². The van der Waals surface area contributed by atoms with Gasteiger partial charge in [-0.25, -0.2) is 9.97 Å². The van der Waals surface area contributed by atoms with Gasteiger partial charge in [-0.3, -0.25) is 4.79 Å². The average Bonchev–Trinajstić information content (AvgIpc) is 3.01. The number of H-pyrrole nitrogens is 1. The van der Waals surface area contributed by atoms with Crippen LogP contribution in [0.3, 0.4) is 0 Å². The van der Waals surface area contributed by atoms with Gasteiger partial charge in [-0.15, -0.1) is 0 Å². The first-order valence-electron chi connectivity index (χ1n) is 8.31. The van der Waals surface area contributed by atoms with Crippen LogP contribution in [0.1, 0.15) is 42.7 Å². The summed E-state index contributed by atoms with van der Waals surface area (Å²) < 4.78 is 0. The molecule has 3 rings (SSSR count). The summed E-state index contributed by atoms with van der Waals surface area (Å²) in [4.78, 5) is 26.6. The smallest absolute Gasteiger partial charge is 0.253 e. The number of carbonyl (C=O) groups is 1. The largest absolute Gasteiger partial charge is 0.356 e. The van der Waals surface area contributed by atoms with Gasteiger partial charge in [0.05, 0.1) is 17.0 Å². The molecule has 0 fully saturated rings. The summed E-state index contributed by atoms with van der Waals surface area (Å²) in [5, 5.41) is 2.87. The van der Waals surface area contributed by atoms with Crippen LogP contribution in [0.25, 0.3) is 11.4 Å². The lowest BCUT2D eigenvalue weighted by Crippen LogP contribution is -2.31. The van der Waals surface area contributed by atoms with Crippen LogP contribution < -0.4 is 10.2 Å². The molecule has 0 saturated heterocycles. The summed E-state index contributed by atoms with van der Waals surface area (Å²) in [6, 6.07) is 3.77. The fraction of sp³-hybridized carbons (Fsp3) is 0.471. The molecule has 2 aromatic heterocycles. The Morgan fingerprint density at radius 2 is 2.04 bits per heavy atom. The Morgan fingerprint density at radius 1 is 1.26 bits per heavy atom. The molecule has 0 bridgehead atoms. The maximum Gasteiger partial charge on any atom is 0.253 e. The fourth-order valence-corrected chi connectivity index (χ4v) is 2.93. The fourth-order valence-electron chi connectivity index (χ4n) is 2.93. The number of amides is 1. The van der Waals surface area contributed by atoms with E-state index in [1.165, 1.54) is 0 Å². The van der Waals surface area contributed by atoms with Crippen molar-refractivity contribution in [1.82, 2.24) is 20.3 Å². The monoisotopic (exact) mass is 313 g/mol. The summed E-state index contributed by atoms with van der Waals surface area (Å²) in [5.41, 5.74) is 3.42. The van der Waals surface area contributed by atoms with Gasteiger partial charge in [0.2, 0.25) is 5.95 Å². The van der Waals surface area contributed by atoms with Gasteiger partial charge >= 0.3 is 0 Å². The van der Waals surface area contributed by atoms with Crippen LogP contribution in [0.2, 0.25) is 0 Å². The first kappa shape index (κ1) is 15.5. The van der Waals surface area contributed by atoms with Gasteiger partial charge in [-0.05, 0) is 25.0 Å². The van der Waals surface area contributed by atoms with E-state index in [2.05, 4.69) is 34.0 Å². The molecule has 0 aliphatic carbocycles. The lowest BCUT2D eigenvalue weighted by atomic mass is 10.1. The maximum absolute atomic E-state index is 11.9. The first-order valence-corrected chi connectivity index (χ1v) is 8.31. The minimum atomic E-state index is -0.0124. The number of hydrogen-bond donors (Lipinski definition) is 2. The quantitative estimate of drug-likeness (QED) is 0.859. The number of nitrogens with zero attached hydrogens (tertiary/aromatic N) is 3. The lowest BCUT2D eigenvalue weighted by molar-refractivity contribution is 0.0946. The molecule has 6 nitrogen and oxygen atoms in total. The molecule has 23 heavy (non-hydrogen) atoms. The second-order valence-electron chi connectivity index (χ2n) is 5.81.